The lowest BCUT2D eigenvalue weighted by Crippen LogP contribution is -2.23. The van der Waals surface area contributed by atoms with Crippen molar-refractivity contribution in [2.45, 2.75) is 11.4 Å². The first-order chi connectivity index (χ1) is 9.79. The van der Waals surface area contributed by atoms with Crippen LogP contribution < -0.4 is 4.72 Å². The van der Waals surface area contributed by atoms with Gasteiger partial charge in [0.2, 0.25) is 10.0 Å². The van der Waals surface area contributed by atoms with Gasteiger partial charge in [0.15, 0.2) is 5.75 Å². The lowest BCUT2D eigenvalue weighted by Gasteiger charge is -2.06. The van der Waals surface area contributed by atoms with Gasteiger partial charge in [-0.05, 0) is 23.8 Å². The number of aromatic nitrogens is 1. The number of nitrogens with one attached hydrogen (secondary N) is 1. The van der Waals surface area contributed by atoms with Crippen molar-refractivity contribution in [3.63, 3.8) is 0 Å². The second-order valence-electron chi connectivity index (χ2n) is 4.42. The fourth-order valence-corrected chi connectivity index (χ4v) is 2.78. The van der Waals surface area contributed by atoms with Gasteiger partial charge in [-0.15, -0.1) is 0 Å². The Hall–Kier alpha value is -2.39. The minimum atomic E-state index is -3.90. The number of rotatable bonds is 5. The Morgan fingerprint density at radius 2 is 2.10 bits per heavy atom. The highest BCUT2D eigenvalue weighted by Gasteiger charge is 2.21. The van der Waals surface area contributed by atoms with Gasteiger partial charge in [0.25, 0.3) is 0 Å². The Morgan fingerprint density at radius 1 is 1.38 bits per heavy atom. The molecule has 0 atom stereocenters. The molecule has 0 radical (unpaired) electrons. The van der Waals surface area contributed by atoms with Crippen molar-refractivity contribution >= 4 is 15.7 Å². The van der Waals surface area contributed by atoms with Crippen molar-refractivity contribution in [2.24, 2.45) is 7.05 Å². The molecule has 21 heavy (non-hydrogen) atoms. The quantitative estimate of drug-likeness (QED) is 0.634. The average Bonchev–Trinajstić information content (AvgIpc) is 2.82. The maximum Gasteiger partial charge on any atom is 0.312 e. The summed E-state index contributed by atoms with van der Waals surface area (Å²) < 4.78 is 28.3. The number of phenolic OH excluding ortho intramolecular Hbond substituents is 1. The number of phenols is 1. The SMILES string of the molecule is Cn1ccc(CNS(=O)(=O)c2ccc(O)c([N+](=O)[O-])c2)c1. The molecule has 2 aromatic rings. The van der Waals surface area contributed by atoms with Crippen molar-refractivity contribution in [1.82, 2.24) is 9.29 Å². The zero-order chi connectivity index (χ0) is 15.6. The van der Waals surface area contributed by atoms with E-state index in [1.165, 1.54) is 0 Å². The summed E-state index contributed by atoms with van der Waals surface area (Å²) in [7, 11) is -2.09. The number of hydrogen-bond donors (Lipinski definition) is 2. The lowest BCUT2D eigenvalue weighted by atomic mass is 10.3. The third kappa shape index (κ3) is 3.38. The normalized spacial score (nSPS) is 11.5. The van der Waals surface area contributed by atoms with Gasteiger partial charge in [-0.25, -0.2) is 13.1 Å². The molecule has 0 unspecified atom stereocenters. The summed E-state index contributed by atoms with van der Waals surface area (Å²) in [4.78, 5) is 9.59. The number of aryl methyl sites for hydroxylation is 1. The first kappa shape index (κ1) is 15.0. The van der Waals surface area contributed by atoms with Gasteiger partial charge in [-0.3, -0.25) is 10.1 Å². The Bertz CT molecular complexity index is 782. The molecule has 1 aromatic carbocycles. The monoisotopic (exact) mass is 311 g/mol. The van der Waals surface area contributed by atoms with E-state index in [1.807, 2.05) is 0 Å². The number of nitrogens with zero attached hydrogens (tertiary/aromatic N) is 2. The highest BCUT2D eigenvalue weighted by atomic mass is 32.2. The van der Waals surface area contributed by atoms with Crippen molar-refractivity contribution < 1.29 is 18.4 Å². The minimum absolute atomic E-state index is 0.0673. The highest BCUT2D eigenvalue weighted by molar-refractivity contribution is 7.89. The van der Waals surface area contributed by atoms with Gasteiger partial charge in [0, 0.05) is 32.1 Å². The number of nitro groups is 1. The largest absolute Gasteiger partial charge is 0.502 e. The van der Waals surface area contributed by atoms with Crippen LogP contribution in [-0.2, 0) is 23.6 Å². The summed E-state index contributed by atoms with van der Waals surface area (Å²) in [5.41, 5.74) is 0.104. The number of aromatic hydroxyl groups is 1. The van der Waals surface area contributed by atoms with Gasteiger partial charge in [-0.2, -0.15) is 0 Å². The van der Waals surface area contributed by atoms with E-state index in [2.05, 4.69) is 4.72 Å². The summed E-state index contributed by atoms with van der Waals surface area (Å²) >= 11 is 0. The van der Waals surface area contributed by atoms with Crippen molar-refractivity contribution in [2.75, 3.05) is 0 Å². The lowest BCUT2D eigenvalue weighted by molar-refractivity contribution is -0.386. The van der Waals surface area contributed by atoms with E-state index in [0.29, 0.717) is 0 Å². The van der Waals surface area contributed by atoms with Crippen LogP contribution in [0, 0.1) is 10.1 Å². The molecule has 8 nitrogen and oxygen atoms in total. The predicted molar refractivity (Wildman–Crippen MR) is 74.2 cm³/mol. The number of nitro benzene ring substituents is 1. The maximum atomic E-state index is 12.1. The van der Waals surface area contributed by atoms with E-state index in [0.717, 1.165) is 23.8 Å². The topological polar surface area (TPSA) is 114 Å². The molecule has 0 amide bonds. The fourth-order valence-electron chi connectivity index (χ4n) is 1.74. The van der Waals surface area contributed by atoms with Crippen molar-refractivity contribution in [3.05, 3.63) is 52.3 Å². The Balaban J connectivity index is 2.23. The maximum absolute atomic E-state index is 12.1. The van der Waals surface area contributed by atoms with Gasteiger partial charge in [-0.1, -0.05) is 0 Å². The van der Waals surface area contributed by atoms with Crippen LogP contribution in [-0.4, -0.2) is 23.0 Å². The van der Waals surface area contributed by atoms with Crippen LogP contribution in [0.3, 0.4) is 0 Å². The van der Waals surface area contributed by atoms with E-state index in [1.54, 1.807) is 30.1 Å². The molecule has 2 N–H and O–H groups in total. The fraction of sp³-hybridized carbons (Fsp3) is 0.167. The van der Waals surface area contributed by atoms with Crippen molar-refractivity contribution in [3.8, 4) is 5.75 Å². The number of sulfonamides is 1. The van der Waals surface area contributed by atoms with Crippen LogP contribution in [0.25, 0.3) is 0 Å². The Kier molecular flexibility index (Phi) is 3.96. The smallest absolute Gasteiger partial charge is 0.312 e. The second kappa shape index (κ2) is 5.54. The summed E-state index contributed by atoms with van der Waals surface area (Å²) in [5, 5.41) is 20.0. The zero-order valence-electron chi connectivity index (χ0n) is 11.1. The minimum Gasteiger partial charge on any atom is -0.502 e. The zero-order valence-corrected chi connectivity index (χ0v) is 11.9. The molecule has 0 saturated carbocycles. The molecule has 9 heteroatoms. The molecular weight excluding hydrogens is 298 g/mol. The number of benzene rings is 1. The van der Waals surface area contributed by atoms with E-state index in [4.69, 9.17) is 0 Å². The van der Waals surface area contributed by atoms with E-state index >= 15 is 0 Å². The summed E-state index contributed by atoms with van der Waals surface area (Å²) in [6.07, 6.45) is 3.52. The van der Waals surface area contributed by atoms with E-state index < -0.39 is 26.4 Å². The summed E-state index contributed by atoms with van der Waals surface area (Å²) in [5.74, 6) is -0.581. The first-order valence-electron chi connectivity index (χ1n) is 5.87. The molecule has 0 saturated heterocycles. The van der Waals surface area contributed by atoms with Crippen LogP contribution in [0.1, 0.15) is 5.56 Å². The molecule has 0 aliphatic heterocycles. The number of hydrogen-bond acceptors (Lipinski definition) is 5. The predicted octanol–water partition coefficient (Wildman–Crippen LogP) is 1.12. The molecule has 112 valence electrons. The molecule has 0 aliphatic rings. The van der Waals surface area contributed by atoms with Crippen LogP contribution in [0.2, 0.25) is 0 Å². The third-order valence-corrected chi connectivity index (χ3v) is 4.21. The third-order valence-electron chi connectivity index (χ3n) is 2.81. The Labute approximate surface area is 120 Å². The highest BCUT2D eigenvalue weighted by Crippen LogP contribution is 2.28. The molecule has 0 spiro atoms. The molecular formula is C12H13N3O5S. The summed E-state index contributed by atoms with van der Waals surface area (Å²) in [6, 6.07) is 4.66. The van der Waals surface area contributed by atoms with Gasteiger partial charge >= 0.3 is 5.69 Å². The van der Waals surface area contributed by atoms with Gasteiger partial charge < -0.3 is 9.67 Å². The molecule has 0 bridgehead atoms. The molecule has 1 heterocycles. The van der Waals surface area contributed by atoms with Crippen LogP contribution in [0.15, 0.2) is 41.6 Å². The van der Waals surface area contributed by atoms with Crippen LogP contribution >= 0.6 is 0 Å². The van der Waals surface area contributed by atoms with Gasteiger partial charge in [0.05, 0.1) is 9.82 Å². The van der Waals surface area contributed by atoms with Crippen molar-refractivity contribution in [1.29, 1.82) is 0 Å². The molecule has 1 aromatic heterocycles. The molecule has 2 rings (SSSR count). The van der Waals surface area contributed by atoms with E-state index in [9.17, 15) is 23.6 Å². The average molecular weight is 311 g/mol. The second-order valence-corrected chi connectivity index (χ2v) is 6.18. The van der Waals surface area contributed by atoms with Gasteiger partial charge in [0.1, 0.15) is 0 Å². The molecule has 0 fully saturated rings. The molecule has 0 aliphatic carbocycles. The van der Waals surface area contributed by atoms with Crippen LogP contribution in [0.5, 0.6) is 5.75 Å². The van der Waals surface area contributed by atoms with E-state index in [-0.39, 0.29) is 11.4 Å². The first-order valence-corrected chi connectivity index (χ1v) is 7.36. The standard InChI is InChI=1S/C12H13N3O5S/c1-14-5-4-9(8-14)7-13-21(19,20)10-2-3-12(16)11(6-10)15(17)18/h2-6,8,13,16H,7H2,1H3. The summed E-state index contributed by atoms with van der Waals surface area (Å²) in [6.45, 7) is 0.0673. The van der Waals surface area contributed by atoms with Crippen LogP contribution in [0.4, 0.5) is 5.69 Å². The Morgan fingerprint density at radius 3 is 2.67 bits per heavy atom.